The maximum Gasteiger partial charge on any atom is 0.328 e. The lowest BCUT2D eigenvalue weighted by Crippen LogP contribution is -2.42. The highest BCUT2D eigenvalue weighted by Crippen LogP contribution is 2.27. The average Bonchev–Trinajstić information content (AvgIpc) is 3.11. The molecule has 0 saturated carbocycles. The van der Waals surface area contributed by atoms with Crippen LogP contribution >= 0.6 is 11.8 Å². The summed E-state index contributed by atoms with van der Waals surface area (Å²) >= 11 is 1.59. The third-order valence-electron chi connectivity index (χ3n) is 4.33. The summed E-state index contributed by atoms with van der Waals surface area (Å²) in [6.07, 6.45) is 2.41. The molecule has 28 heavy (non-hydrogen) atoms. The van der Waals surface area contributed by atoms with Gasteiger partial charge in [0.05, 0.1) is 29.4 Å². The summed E-state index contributed by atoms with van der Waals surface area (Å²) in [5, 5.41) is 7.26. The smallest absolute Gasteiger partial charge is 0.328 e. The Labute approximate surface area is 166 Å². The van der Waals surface area contributed by atoms with E-state index in [-0.39, 0.29) is 5.71 Å². The van der Waals surface area contributed by atoms with Gasteiger partial charge in [0.25, 0.3) is 11.6 Å². The monoisotopic (exact) mass is 399 g/mol. The SMILES string of the molecule is COC(=O)C(CCSC)NC(=O)c1cc(-c2ccccc2)nc2onc(C)c12. The lowest BCUT2D eigenvalue weighted by Gasteiger charge is -2.16. The molecule has 1 aromatic carbocycles. The Morgan fingerprint density at radius 1 is 1.29 bits per heavy atom. The van der Waals surface area contributed by atoms with Crippen molar-refractivity contribution >= 4 is 34.7 Å². The second kappa shape index (κ2) is 8.88. The van der Waals surface area contributed by atoms with Crippen molar-refractivity contribution in [3.63, 3.8) is 0 Å². The highest BCUT2D eigenvalue weighted by atomic mass is 32.2. The Morgan fingerprint density at radius 2 is 2.04 bits per heavy atom. The number of carbonyl (C=O) groups excluding carboxylic acids is 2. The molecule has 0 fully saturated rings. The van der Waals surface area contributed by atoms with Crippen LogP contribution in [-0.2, 0) is 9.53 Å². The van der Waals surface area contributed by atoms with E-state index in [0.29, 0.717) is 34.5 Å². The number of thioether (sulfide) groups is 1. The Balaban J connectivity index is 2.01. The van der Waals surface area contributed by atoms with E-state index in [1.165, 1.54) is 7.11 Å². The van der Waals surface area contributed by atoms with Crippen molar-refractivity contribution in [2.45, 2.75) is 19.4 Å². The quantitative estimate of drug-likeness (QED) is 0.610. The second-order valence-electron chi connectivity index (χ2n) is 6.20. The number of nitrogens with one attached hydrogen (secondary N) is 1. The molecule has 1 N–H and O–H groups in total. The summed E-state index contributed by atoms with van der Waals surface area (Å²) < 4.78 is 10.1. The molecule has 0 aliphatic heterocycles. The molecule has 0 radical (unpaired) electrons. The second-order valence-corrected chi connectivity index (χ2v) is 7.19. The number of nitrogens with zero attached hydrogens (tertiary/aromatic N) is 2. The van der Waals surface area contributed by atoms with Crippen LogP contribution in [0.5, 0.6) is 0 Å². The van der Waals surface area contributed by atoms with E-state index in [1.807, 2.05) is 36.6 Å². The summed E-state index contributed by atoms with van der Waals surface area (Å²) in [7, 11) is 1.31. The Bertz CT molecular complexity index is 988. The third kappa shape index (κ3) is 4.17. The predicted octanol–water partition coefficient (Wildman–Crippen LogP) is 3.22. The number of methoxy groups -OCH3 is 1. The molecule has 0 aliphatic carbocycles. The molecule has 0 saturated heterocycles. The van der Waals surface area contributed by atoms with E-state index in [0.717, 1.165) is 5.56 Å². The van der Waals surface area contributed by atoms with Gasteiger partial charge in [-0.25, -0.2) is 9.78 Å². The van der Waals surface area contributed by atoms with Crippen LogP contribution in [0.1, 0.15) is 22.5 Å². The zero-order valence-electron chi connectivity index (χ0n) is 15.9. The van der Waals surface area contributed by atoms with Crippen LogP contribution < -0.4 is 5.32 Å². The number of fused-ring (bicyclic) bond motifs is 1. The first-order chi connectivity index (χ1) is 13.5. The average molecular weight is 399 g/mol. The summed E-state index contributed by atoms with van der Waals surface area (Å²) in [5.74, 6) is -0.154. The number of pyridine rings is 1. The van der Waals surface area contributed by atoms with E-state index >= 15 is 0 Å². The summed E-state index contributed by atoms with van der Waals surface area (Å²) in [6, 6.07) is 10.4. The highest BCUT2D eigenvalue weighted by Gasteiger charge is 2.25. The van der Waals surface area contributed by atoms with Crippen molar-refractivity contribution in [1.82, 2.24) is 15.5 Å². The van der Waals surface area contributed by atoms with E-state index in [9.17, 15) is 9.59 Å². The van der Waals surface area contributed by atoms with Crippen molar-refractivity contribution in [3.05, 3.63) is 47.7 Å². The van der Waals surface area contributed by atoms with Crippen LogP contribution in [0.2, 0.25) is 0 Å². The minimum absolute atomic E-state index is 0.280. The fourth-order valence-electron chi connectivity index (χ4n) is 2.89. The molecule has 1 amide bonds. The molecule has 3 rings (SSSR count). The van der Waals surface area contributed by atoms with Crippen LogP contribution in [0.25, 0.3) is 22.4 Å². The molecule has 3 aromatic rings. The van der Waals surface area contributed by atoms with Crippen molar-refractivity contribution in [2.75, 3.05) is 19.1 Å². The van der Waals surface area contributed by atoms with Crippen molar-refractivity contribution in [2.24, 2.45) is 0 Å². The Hall–Kier alpha value is -2.87. The number of amides is 1. The van der Waals surface area contributed by atoms with E-state index in [1.54, 1.807) is 24.8 Å². The molecule has 1 unspecified atom stereocenters. The molecule has 0 spiro atoms. The molecule has 7 nitrogen and oxygen atoms in total. The zero-order chi connectivity index (χ0) is 20.1. The number of hydrogen-bond donors (Lipinski definition) is 1. The number of aryl methyl sites for hydroxylation is 1. The zero-order valence-corrected chi connectivity index (χ0v) is 16.7. The Kier molecular flexibility index (Phi) is 6.30. The largest absolute Gasteiger partial charge is 0.467 e. The van der Waals surface area contributed by atoms with Crippen LogP contribution in [0.3, 0.4) is 0 Å². The van der Waals surface area contributed by atoms with Crippen molar-refractivity contribution < 1.29 is 18.8 Å². The van der Waals surface area contributed by atoms with Gasteiger partial charge in [-0.3, -0.25) is 4.79 Å². The first kappa shape index (κ1) is 19.9. The summed E-state index contributed by atoms with van der Waals surface area (Å²) in [6.45, 7) is 1.75. The first-order valence-corrected chi connectivity index (χ1v) is 10.1. The molecule has 1 atom stereocenters. The molecule has 0 bridgehead atoms. The first-order valence-electron chi connectivity index (χ1n) is 8.75. The van der Waals surface area contributed by atoms with Crippen molar-refractivity contribution in [1.29, 1.82) is 0 Å². The van der Waals surface area contributed by atoms with Gasteiger partial charge in [-0.2, -0.15) is 11.8 Å². The molecule has 2 aromatic heterocycles. The van der Waals surface area contributed by atoms with Gasteiger partial charge in [-0.1, -0.05) is 35.5 Å². The number of benzene rings is 1. The van der Waals surface area contributed by atoms with E-state index < -0.39 is 17.9 Å². The van der Waals surface area contributed by atoms with Gasteiger partial charge in [0.15, 0.2) is 0 Å². The fourth-order valence-corrected chi connectivity index (χ4v) is 3.36. The fraction of sp³-hybridized carbons (Fsp3) is 0.300. The predicted molar refractivity (Wildman–Crippen MR) is 108 cm³/mol. The van der Waals surface area contributed by atoms with Crippen LogP contribution in [0, 0.1) is 6.92 Å². The van der Waals surface area contributed by atoms with Gasteiger partial charge < -0.3 is 14.6 Å². The number of carbonyl (C=O) groups is 2. The van der Waals surface area contributed by atoms with Gasteiger partial charge in [-0.05, 0) is 31.4 Å². The molecule has 2 heterocycles. The lowest BCUT2D eigenvalue weighted by atomic mass is 10.0. The van der Waals surface area contributed by atoms with Gasteiger partial charge in [0, 0.05) is 5.56 Å². The van der Waals surface area contributed by atoms with E-state index in [2.05, 4.69) is 15.5 Å². The number of esters is 1. The number of ether oxygens (including phenoxy) is 1. The minimum Gasteiger partial charge on any atom is -0.467 e. The van der Waals surface area contributed by atoms with Crippen LogP contribution in [0.15, 0.2) is 40.9 Å². The van der Waals surface area contributed by atoms with Crippen molar-refractivity contribution in [3.8, 4) is 11.3 Å². The maximum atomic E-state index is 13.1. The molecular weight excluding hydrogens is 378 g/mol. The summed E-state index contributed by atoms with van der Waals surface area (Å²) in [4.78, 5) is 29.6. The van der Waals surface area contributed by atoms with Gasteiger partial charge in [-0.15, -0.1) is 0 Å². The number of rotatable bonds is 7. The lowest BCUT2D eigenvalue weighted by molar-refractivity contribution is -0.142. The van der Waals surface area contributed by atoms with Gasteiger partial charge in [0.1, 0.15) is 6.04 Å². The Morgan fingerprint density at radius 3 is 2.71 bits per heavy atom. The number of hydrogen-bond acceptors (Lipinski definition) is 7. The van der Waals surface area contributed by atoms with E-state index in [4.69, 9.17) is 9.26 Å². The van der Waals surface area contributed by atoms with Crippen LogP contribution in [0.4, 0.5) is 0 Å². The highest BCUT2D eigenvalue weighted by molar-refractivity contribution is 7.98. The third-order valence-corrected chi connectivity index (χ3v) is 4.98. The minimum atomic E-state index is -0.728. The normalized spacial score (nSPS) is 12.0. The standard InChI is InChI=1S/C20H21N3O4S/c1-12-17-14(18(24)21-15(9-10-28-3)20(25)26-2)11-16(22-19(17)27-23-12)13-7-5-4-6-8-13/h4-8,11,15H,9-10H2,1-3H3,(H,21,24). The van der Waals surface area contributed by atoms with Crippen LogP contribution in [-0.4, -0.2) is 47.2 Å². The molecule has 0 aliphatic rings. The molecular formula is C20H21N3O4S. The molecule has 146 valence electrons. The maximum absolute atomic E-state index is 13.1. The number of aromatic nitrogens is 2. The van der Waals surface area contributed by atoms with Gasteiger partial charge >= 0.3 is 5.97 Å². The summed E-state index contributed by atoms with van der Waals surface area (Å²) in [5.41, 5.74) is 2.64. The van der Waals surface area contributed by atoms with Gasteiger partial charge in [0.2, 0.25) is 0 Å². The topological polar surface area (TPSA) is 94.3 Å². The molecule has 8 heteroatoms.